The number of nitrogens with zero attached hydrogens (tertiary/aromatic N) is 2. The average molecular weight is 975 g/mol. The first kappa shape index (κ1) is 52.6. The summed E-state index contributed by atoms with van der Waals surface area (Å²) in [6.45, 7) is 10.1. The van der Waals surface area contributed by atoms with E-state index in [-0.39, 0.29) is 78.6 Å². The Kier molecular flexibility index (Phi) is 17.3. The van der Waals surface area contributed by atoms with Crippen LogP contribution in [0, 0.1) is 0 Å². The fourth-order valence-electron chi connectivity index (χ4n) is 7.94. The third-order valence-electron chi connectivity index (χ3n) is 11.0. The lowest BCUT2D eigenvalue weighted by molar-refractivity contribution is -0.137. The molecule has 3 aliphatic rings. The topological polar surface area (TPSA) is 275 Å². The summed E-state index contributed by atoms with van der Waals surface area (Å²) >= 11 is 0. The van der Waals surface area contributed by atoms with Crippen molar-refractivity contribution in [1.29, 1.82) is 0 Å². The number of fused-ring (bicyclic) bond motifs is 2. The fraction of sp³-hybridized carbons (Fsp3) is 0.524. The molecule has 0 fully saturated rings. The molecule has 0 spiro atoms. The lowest BCUT2D eigenvalue weighted by atomic mass is 9.77. The van der Waals surface area contributed by atoms with E-state index in [4.69, 9.17) is 9.15 Å². The summed E-state index contributed by atoms with van der Waals surface area (Å²) < 4.78 is 145. The number of hydrogen-bond donors (Lipinski definition) is 5. The summed E-state index contributed by atoms with van der Waals surface area (Å²) in [5.74, 6) is -1.81. The van der Waals surface area contributed by atoms with Crippen molar-refractivity contribution in [3.63, 3.8) is 0 Å². The zero-order valence-corrected chi connectivity index (χ0v) is 40.2. The van der Waals surface area contributed by atoms with Gasteiger partial charge in [-0.25, -0.2) is 17.7 Å². The number of ether oxygens (including phenoxy) is 1. The summed E-state index contributed by atoms with van der Waals surface area (Å²) in [5.41, 5.74) is 1.19. The normalized spacial score (nSPS) is 17.5. The molecule has 1 unspecified atom stereocenters. The molecule has 18 nitrogen and oxygen atoms in total. The second-order valence-corrected chi connectivity index (χ2v) is 23.1. The summed E-state index contributed by atoms with van der Waals surface area (Å²) in [5, 5.41) is 9.41. The van der Waals surface area contributed by atoms with Crippen LogP contribution in [0.4, 0.5) is 5.69 Å². The third kappa shape index (κ3) is 13.8. The van der Waals surface area contributed by atoms with Crippen molar-refractivity contribution < 1.29 is 66.4 Å². The highest BCUT2D eigenvalue weighted by molar-refractivity contribution is 7.89. The highest BCUT2D eigenvalue weighted by atomic mass is 32.2. The number of nitrogens with one attached hydrogen (secondary N) is 1. The zero-order valence-electron chi connectivity index (χ0n) is 36.9. The van der Waals surface area contributed by atoms with Crippen molar-refractivity contribution >= 4 is 58.1 Å². The maximum atomic E-state index is 14.3. The Hall–Kier alpha value is -4.00. The molecule has 5 N–H and O–H groups in total. The quantitative estimate of drug-likeness (QED) is 0.0480. The van der Waals surface area contributed by atoms with Crippen LogP contribution in [0.15, 0.2) is 68.5 Å². The number of unbranched alkanes of at least 4 members (excludes halogenated alkanes) is 2. The maximum Gasteiger partial charge on any atom is 0.303 e. The van der Waals surface area contributed by atoms with Crippen LogP contribution in [0.25, 0.3) is 17.4 Å². The number of rotatable bonds is 23. The molecule has 1 aliphatic carbocycles. The van der Waals surface area contributed by atoms with Crippen LogP contribution in [0.2, 0.25) is 0 Å². The minimum absolute atomic E-state index is 0.00178. The summed E-state index contributed by atoms with van der Waals surface area (Å²) in [6, 6.07) is 9.28. The second-order valence-electron chi connectivity index (χ2n) is 16.9. The van der Waals surface area contributed by atoms with Crippen molar-refractivity contribution in [1.82, 2.24) is 9.30 Å². The van der Waals surface area contributed by atoms with Crippen molar-refractivity contribution in [3.8, 4) is 11.3 Å². The molecule has 0 saturated heterocycles. The summed E-state index contributed by atoms with van der Waals surface area (Å²) in [7, 11) is -16.2. The predicted molar refractivity (Wildman–Crippen MR) is 243 cm³/mol. The van der Waals surface area contributed by atoms with Gasteiger partial charge in [0.1, 0.15) is 18.8 Å². The van der Waals surface area contributed by atoms with Gasteiger partial charge in [0, 0.05) is 61.5 Å². The van der Waals surface area contributed by atoms with Crippen LogP contribution in [0.1, 0.15) is 96.5 Å². The number of aliphatic carboxylic acids is 1. The van der Waals surface area contributed by atoms with E-state index >= 15 is 0 Å². The number of carbonyl (C=O) groups is 1. The van der Waals surface area contributed by atoms with Gasteiger partial charge in [-0.3, -0.25) is 18.5 Å². The largest absolute Gasteiger partial charge is 0.481 e. The number of methoxy groups -OCH3 is 1. The van der Waals surface area contributed by atoms with Crippen LogP contribution in [-0.2, 0) is 60.7 Å². The van der Waals surface area contributed by atoms with E-state index in [2.05, 4.69) is 4.72 Å². The molecule has 0 saturated carbocycles. The van der Waals surface area contributed by atoms with Crippen LogP contribution in [-0.4, -0.2) is 110 Å². The average Bonchev–Trinajstić information content (AvgIpc) is 3.39. The number of allylic oxidation sites excluding steroid dienone is 3. The smallest absolute Gasteiger partial charge is 0.303 e. The van der Waals surface area contributed by atoms with Gasteiger partial charge in [0.05, 0.1) is 23.0 Å². The molecular weight excluding hydrogens is 915 g/mol. The Labute approximate surface area is 376 Å². The molecule has 0 amide bonds. The highest BCUT2D eigenvalue weighted by Crippen LogP contribution is 2.51. The number of anilines is 1. The first-order valence-electron chi connectivity index (χ1n) is 20.7. The summed E-state index contributed by atoms with van der Waals surface area (Å²) in [4.78, 5) is 12.5. The first-order chi connectivity index (χ1) is 29.6. The number of benzene rings is 2. The van der Waals surface area contributed by atoms with Crippen LogP contribution >= 0.6 is 0 Å². The lowest BCUT2D eigenvalue weighted by Gasteiger charge is -2.30. The molecule has 0 aromatic heterocycles. The van der Waals surface area contributed by atoms with E-state index < -0.39 is 68.7 Å². The van der Waals surface area contributed by atoms with Crippen LogP contribution < -0.4 is 19.6 Å². The second kappa shape index (κ2) is 21.1. The molecule has 22 heteroatoms. The summed E-state index contributed by atoms with van der Waals surface area (Å²) in [6.07, 6.45) is 6.52. The molecule has 356 valence electrons. The lowest BCUT2D eigenvalue weighted by Crippen LogP contribution is -2.39. The molecule has 1 aromatic rings. The van der Waals surface area contributed by atoms with Crippen molar-refractivity contribution in [2.75, 3.05) is 56.3 Å². The molecule has 1 aromatic carbocycles. The van der Waals surface area contributed by atoms with E-state index in [1.54, 1.807) is 54.9 Å². The van der Waals surface area contributed by atoms with Crippen molar-refractivity contribution in [2.45, 2.75) is 100 Å². The van der Waals surface area contributed by atoms with Gasteiger partial charge in [0.2, 0.25) is 5.36 Å². The van der Waals surface area contributed by atoms with Gasteiger partial charge >= 0.3 is 5.97 Å². The SMILES string of the molecule is CC[N+](CCCS(=O)(=O)O)=c1ccc2c(C(C)(C)C)cc(C=CC=C3N(CCCCCC(=O)O)c4ccc(S(=O)(=O)O)cc4C3(C)CCCS(=O)(=O)O)oc-2c1S(=O)(=O)NCCOC. The Morgan fingerprint density at radius 3 is 2.19 bits per heavy atom. The van der Waals surface area contributed by atoms with Crippen molar-refractivity contribution in [3.05, 3.63) is 76.5 Å². The molecule has 4 rings (SSSR count). The fourth-order valence-corrected chi connectivity index (χ4v) is 10.8. The monoisotopic (exact) mass is 974 g/mol. The third-order valence-corrected chi connectivity index (χ3v) is 15.0. The molecule has 0 radical (unpaired) electrons. The predicted octanol–water partition coefficient (Wildman–Crippen LogP) is 4.91. The van der Waals surface area contributed by atoms with E-state index in [1.807, 2.05) is 25.7 Å². The number of sulfonamides is 1. The van der Waals surface area contributed by atoms with Gasteiger partial charge in [-0.05, 0) is 98.6 Å². The standard InChI is InChI=1S/C42H59N3O15S4/c1-7-44(23-13-27-62(51,52)53)36-20-18-32-33(41(2,3)4)28-30(60-39(32)40(36)63(54,55)43-22-25-59-6)14-11-15-37-42(5,21-12-26-61(48,49)50)34-29-31(64(56,57)58)17-19-35(34)45(37)24-10-8-9-16-38(46)47/h11,14-15,17-20,28-29,43H,7-10,12-13,16,21-27H2,1-6H3,(H3-,46,47,48,49,50,51,52,53,56,57,58)/p+1. The van der Waals surface area contributed by atoms with Crippen LogP contribution in [0.5, 0.6) is 0 Å². The molecule has 1 atom stereocenters. The molecule has 0 bridgehead atoms. The molecule has 2 heterocycles. The van der Waals surface area contributed by atoms with E-state index in [0.717, 1.165) is 5.56 Å². The van der Waals surface area contributed by atoms with Gasteiger partial charge in [0.25, 0.3) is 40.4 Å². The Morgan fingerprint density at radius 1 is 0.922 bits per heavy atom. The van der Waals surface area contributed by atoms with Crippen LogP contribution in [0.3, 0.4) is 0 Å². The number of hydrogen-bond acceptors (Lipinski definition) is 12. The van der Waals surface area contributed by atoms with Gasteiger partial charge in [-0.15, -0.1) is 0 Å². The van der Waals surface area contributed by atoms with E-state index in [9.17, 15) is 57.2 Å². The Bertz CT molecular complexity index is 2740. The minimum atomic E-state index is -4.66. The maximum absolute atomic E-state index is 14.3. The highest BCUT2D eigenvalue weighted by Gasteiger charge is 2.44. The van der Waals surface area contributed by atoms with Gasteiger partial charge < -0.3 is 19.2 Å². The molecule has 2 aliphatic heterocycles. The number of carboxylic acids is 1. The number of carboxylic acid groups (broad SMARTS) is 1. The van der Waals surface area contributed by atoms with Gasteiger partial charge in [-0.2, -0.15) is 25.3 Å². The first-order valence-corrected chi connectivity index (χ1v) is 26.9. The van der Waals surface area contributed by atoms with E-state index in [0.29, 0.717) is 48.3 Å². The molecular formula is C42H60N3O15S4+. The van der Waals surface area contributed by atoms with Crippen molar-refractivity contribution in [2.24, 2.45) is 0 Å². The van der Waals surface area contributed by atoms with E-state index in [1.165, 1.54) is 25.3 Å². The van der Waals surface area contributed by atoms with Gasteiger partial charge in [0.15, 0.2) is 10.7 Å². The zero-order chi connectivity index (χ0) is 47.9. The Morgan fingerprint density at radius 2 is 1.59 bits per heavy atom. The van der Waals surface area contributed by atoms with Gasteiger partial charge in [-0.1, -0.05) is 33.3 Å². The molecule has 64 heavy (non-hydrogen) atoms. The Balaban J connectivity index is 2.01. The minimum Gasteiger partial charge on any atom is -0.481 e.